The molecule has 2 heterocycles. The van der Waals surface area contributed by atoms with Crippen molar-refractivity contribution in [3.05, 3.63) is 11.7 Å². The van der Waals surface area contributed by atoms with Gasteiger partial charge in [0.15, 0.2) is 5.82 Å². The van der Waals surface area contributed by atoms with Crippen molar-refractivity contribution in [1.82, 2.24) is 15.5 Å². The highest BCUT2D eigenvalue weighted by atomic mass is 32.2. The van der Waals surface area contributed by atoms with Crippen LogP contribution in [0.5, 0.6) is 0 Å². The number of thioether (sulfide) groups is 1. The normalized spacial score (nSPS) is 21.0. The molecule has 1 saturated heterocycles. The van der Waals surface area contributed by atoms with E-state index in [2.05, 4.69) is 36.2 Å². The van der Waals surface area contributed by atoms with Gasteiger partial charge >= 0.3 is 0 Å². The molecule has 1 aromatic rings. The minimum Gasteiger partial charge on any atom is -0.339 e. The predicted octanol–water partition coefficient (Wildman–Crippen LogP) is 2.40. The monoisotopic (exact) mass is 255 g/mol. The van der Waals surface area contributed by atoms with E-state index in [1.54, 1.807) is 0 Å². The summed E-state index contributed by atoms with van der Waals surface area (Å²) in [7, 11) is 0. The minimum absolute atomic E-state index is 0.244. The molecule has 2 rings (SSSR count). The van der Waals surface area contributed by atoms with E-state index in [0.29, 0.717) is 6.04 Å². The topological polar surface area (TPSA) is 51.0 Å². The van der Waals surface area contributed by atoms with Gasteiger partial charge in [0, 0.05) is 17.2 Å². The van der Waals surface area contributed by atoms with Gasteiger partial charge in [0.05, 0.1) is 5.75 Å². The Kier molecular flexibility index (Phi) is 4.09. The van der Waals surface area contributed by atoms with Crippen molar-refractivity contribution in [1.29, 1.82) is 0 Å². The zero-order valence-electron chi connectivity index (χ0n) is 10.8. The van der Waals surface area contributed by atoms with Crippen molar-refractivity contribution in [2.45, 2.75) is 56.6 Å². The van der Waals surface area contributed by atoms with Crippen LogP contribution >= 0.6 is 11.8 Å². The number of aromatic nitrogens is 2. The van der Waals surface area contributed by atoms with Gasteiger partial charge in [-0.3, -0.25) is 0 Å². The van der Waals surface area contributed by atoms with Gasteiger partial charge in [0.1, 0.15) is 0 Å². The van der Waals surface area contributed by atoms with Gasteiger partial charge < -0.3 is 9.84 Å². The molecule has 1 atom stereocenters. The highest BCUT2D eigenvalue weighted by Gasteiger charge is 2.19. The van der Waals surface area contributed by atoms with Gasteiger partial charge in [-0.25, -0.2) is 0 Å². The zero-order chi connectivity index (χ0) is 12.3. The van der Waals surface area contributed by atoms with Crippen molar-refractivity contribution in [2.24, 2.45) is 0 Å². The molecule has 1 N–H and O–H groups in total. The molecule has 5 heteroatoms. The third kappa shape index (κ3) is 4.32. The summed E-state index contributed by atoms with van der Waals surface area (Å²) >= 11 is 1.84. The first-order chi connectivity index (χ1) is 8.03. The molecule has 1 fully saturated rings. The quantitative estimate of drug-likeness (QED) is 0.895. The Bertz CT molecular complexity index is 353. The lowest BCUT2D eigenvalue weighted by molar-refractivity contribution is 0.361. The van der Waals surface area contributed by atoms with Gasteiger partial charge in [-0.2, -0.15) is 4.98 Å². The molecule has 1 aromatic heterocycles. The Balaban J connectivity index is 1.83. The van der Waals surface area contributed by atoms with Crippen LogP contribution in [0.2, 0.25) is 0 Å². The molecular formula is C12H21N3OS. The molecule has 0 bridgehead atoms. The maximum absolute atomic E-state index is 5.28. The molecule has 0 aromatic carbocycles. The van der Waals surface area contributed by atoms with Crippen LogP contribution in [0.1, 0.15) is 45.3 Å². The van der Waals surface area contributed by atoms with Crippen LogP contribution in [0.3, 0.4) is 0 Å². The molecular weight excluding hydrogens is 234 g/mol. The molecule has 96 valence electrons. The molecule has 1 aliphatic rings. The summed E-state index contributed by atoms with van der Waals surface area (Å²) < 4.78 is 5.52. The third-order valence-corrected chi connectivity index (χ3v) is 4.00. The number of nitrogens with zero attached hydrogens (tertiary/aromatic N) is 2. The van der Waals surface area contributed by atoms with E-state index in [1.807, 2.05) is 11.8 Å². The van der Waals surface area contributed by atoms with Crippen LogP contribution in [-0.4, -0.2) is 27.5 Å². The molecule has 0 saturated carbocycles. The van der Waals surface area contributed by atoms with Crippen molar-refractivity contribution in [3.8, 4) is 0 Å². The number of hydrogen-bond acceptors (Lipinski definition) is 5. The molecule has 0 aliphatic carbocycles. The van der Waals surface area contributed by atoms with Crippen molar-refractivity contribution < 1.29 is 4.52 Å². The maximum Gasteiger partial charge on any atom is 0.228 e. The smallest absolute Gasteiger partial charge is 0.228 e. The molecule has 1 aliphatic heterocycles. The van der Waals surface area contributed by atoms with Gasteiger partial charge in [-0.05, 0) is 19.4 Å². The molecule has 0 radical (unpaired) electrons. The fourth-order valence-corrected chi connectivity index (χ4v) is 2.53. The molecule has 0 spiro atoms. The van der Waals surface area contributed by atoms with Crippen LogP contribution in [0.4, 0.5) is 0 Å². The lowest BCUT2D eigenvalue weighted by Crippen LogP contribution is -2.23. The van der Waals surface area contributed by atoms with Crippen LogP contribution in [0.25, 0.3) is 0 Å². The maximum atomic E-state index is 5.28. The average Bonchev–Trinajstić information content (AvgIpc) is 2.86. The largest absolute Gasteiger partial charge is 0.339 e. The Morgan fingerprint density at radius 2 is 2.29 bits per heavy atom. The number of nitrogens with one attached hydrogen (secondary N) is 1. The highest BCUT2D eigenvalue weighted by molar-refractivity contribution is 7.99. The second-order valence-electron chi connectivity index (χ2n) is 5.50. The van der Waals surface area contributed by atoms with E-state index in [-0.39, 0.29) is 4.75 Å². The van der Waals surface area contributed by atoms with Crippen LogP contribution < -0.4 is 5.32 Å². The van der Waals surface area contributed by atoms with Gasteiger partial charge in [0.2, 0.25) is 5.89 Å². The van der Waals surface area contributed by atoms with Crippen LogP contribution in [0, 0.1) is 0 Å². The van der Waals surface area contributed by atoms with E-state index in [9.17, 15) is 0 Å². The summed E-state index contributed by atoms with van der Waals surface area (Å²) in [5, 5.41) is 7.46. The fourth-order valence-electron chi connectivity index (χ4n) is 1.85. The van der Waals surface area contributed by atoms with Gasteiger partial charge in [-0.1, -0.05) is 25.9 Å². The molecule has 4 nitrogen and oxygen atoms in total. The first kappa shape index (κ1) is 12.9. The summed E-state index contributed by atoms with van der Waals surface area (Å²) in [5.41, 5.74) is 0. The summed E-state index contributed by atoms with van der Waals surface area (Å²) in [6.45, 7) is 7.70. The van der Waals surface area contributed by atoms with Crippen molar-refractivity contribution >= 4 is 11.8 Å². The SMILES string of the molecule is CC(C)(C)SCc1noc(CC2CCCN2)n1. The van der Waals surface area contributed by atoms with E-state index >= 15 is 0 Å². The van der Waals surface area contributed by atoms with Crippen LogP contribution in [0.15, 0.2) is 4.52 Å². The summed E-state index contributed by atoms with van der Waals surface area (Å²) in [4.78, 5) is 4.44. The molecule has 0 amide bonds. The third-order valence-electron chi connectivity index (χ3n) is 2.73. The zero-order valence-corrected chi connectivity index (χ0v) is 11.6. The summed E-state index contributed by atoms with van der Waals surface area (Å²) in [5.74, 6) is 2.41. The van der Waals surface area contributed by atoms with Gasteiger partial charge in [-0.15, -0.1) is 11.8 Å². The van der Waals surface area contributed by atoms with E-state index in [1.165, 1.54) is 12.8 Å². The Morgan fingerprint density at radius 1 is 1.47 bits per heavy atom. The Morgan fingerprint density at radius 3 is 2.94 bits per heavy atom. The van der Waals surface area contributed by atoms with E-state index < -0.39 is 0 Å². The fraction of sp³-hybridized carbons (Fsp3) is 0.833. The minimum atomic E-state index is 0.244. The van der Waals surface area contributed by atoms with E-state index in [0.717, 1.165) is 30.4 Å². The summed E-state index contributed by atoms with van der Waals surface area (Å²) in [6.07, 6.45) is 3.34. The first-order valence-electron chi connectivity index (χ1n) is 6.22. The second-order valence-corrected chi connectivity index (χ2v) is 7.30. The van der Waals surface area contributed by atoms with E-state index in [4.69, 9.17) is 4.52 Å². The lowest BCUT2D eigenvalue weighted by atomic mass is 10.2. The lowest BCUT2D eigenvalue weighted by Gasteiger charge is -2.15. The summed E-state index contributed by atoms with van der Waals surface area (Å²) in [6, 6.07) is 0.526. The molecule has 17 heavy (non-hydrogen) atoms. The average molecular weight is 255 g/mol. The van der Waals surface area contributed by atoms with Crippen LogP contribution in [-0.2, 0) is 12.2 Å². The van der Waals surface area contributed by atoms with Crippen molar-refractivity contribution in [3.63, 3.8) is 0 Å². The Labute approximate surface area is 107 Å². The first-order valence-corrected chi connectivity index (χ1v) is 7.20. The number of hydrogen-bond donors (Lipinski definition) is 1. The number of rotatable bonds is 4. The van der Waals surface area contributed by atoms with Gasteiger partial charge in [0.25, 0.3) is 0 Å². The second kappa shape index (κ2) is 5.40. The van der Waals surface area contributed by atoms with Crippen molar-refractivity contribution in [2.75, 3.05) is 6.54 Å². The predicted molar refractivity (Wildman–Crippen MR) is 70.1 cm³/mol. The standard InChI is InChI=1S/C12H21N3OS/c1-12(2,3)17-8-10-14-11(16-15-10)7-9-5-4-6-13-9/h9,13H,4-8H2,1-3H3. The highest BCUT2D eigenvalue weighted by Crippen LogP contribution is 2.26. The molecule has 1 unspecified atom stereocenters. The Hall–Kier alpha value is -0.550.